The lowest BCUT2D eigenvalue weighted by Crippen LogP contribution is -2.00. The monoisotopic (exact) mass is 256 g/mol. The zero-order chi connectivity index (χ0) is 13.4. The van der Waals surface area contributed by atoms with Gasteiger partial charge in [0.05, 0.1) is 0 Å². The van der Waals surface area contributed by atoms with Crippen molar-refractivity contribution in [2.24, 2.45) is 5.92 Å². The first-order valence-electron chi connectivity index (χ1n) is 6.95. The van der Waals surface area contributed by atoms with Gasteiger partial charge in [0.15, 0.2) is 5.82 Å². The molecule has 0 aliphatic heterocycles. The molecule has 0 radical (unpaired) electrons. The van der Waals surface area contributed by atoms with Crippen molar-refractivity contribution in [1.82, 2.24) is 5.16 Å². The zero-order valence-electron chi connectivity index (χ0n) is 11.5. The van der Waals surface area contributed by atoms with Gasteiger partial charge in [0.2, 0.25) is 0 Å². The molecule has 2 unspecified atom stereocenters. The van der Waals surface area contributed by atoms with E-state index in [2.05, 4.69) is 49.3 Å². The third kappa shape index (κ3) is 2.37. The second-order valence-corrected chi connectivity index (χ2v) is 5.87. The molecular formula is C16H20N2O. The van der Waals surface area contributed by atoms with E-state index in [0.717, 1.165) is 24.2 Å². The summed E-state index contributed by atoms with van der Waals surface area (Å²) in [6.07, 6.45) is 2.09. The van der Waals surface area contributed by atoms with Crippen molar-refractivity contribution in [3.05, 3.63) is 47.2 Å². The van der Waals surface area contributed by atoms with Crippen molar-refractivity contribution in [2.75, 3.05) is 5.73 Å². The van der Waals surface area contributed by atoms with E-state index in [0.29, 0.717) is 23.6 Å². The first-order chi connectivity index (χ1) is 9.16. The Hall–Kier alpha value is -1.77. The molecule has 100 valence electrons. The minimum atomic E-state index is 0.459. The predicted octanol–water partition coefficient (Wildman–Crippen LogP) is 3.73. The van der Waals surface area contributed by atoms with Gasteiger partial charge in [-0.15, -0.1) is 0 Å². The Bertz CT molecular complexity index is 559. The van der Waals surface area contributed by atoms with Crippen LogP contribution in [0.15, 0.2) is 34.9 Å². The summed E-state index contributed by atoms with van der Waals surface area (Å²) in [5, 5.41) is 3.96. The minimum absolute atomic E-state index is 0.459. The van der Waals surface area contributed by atoms with E-state index in [1.165, 1.54) is 5.56 Å². The van der Waals surface area contributed by atoms with Crippen molar-refractivity contribution in [1.29, 1.82) is 0 Å². The van der Waals surface area contributed by atoms with Gasteiger partial charge in [-0.05, 0) is 30.2 Å². The average Bonchev–Trinajstić information content (AvgIpc) is 3.11. The predicted molar refractivity (Wildman–Crippen MR) is 76.0 cm³/mol. The molecule has 1 aliphatic carbocycles. The average molecular weight is 256 g/mol. The number of benzene rings is 1. The second-order valence-electron chi connectivity index (χ2n) is 5.87. The number of anilines is 1. The van der Waals surface area contributed by atoms with Crippen molar-refractivity contribution in [3.8, 4) is 0 Å². The van der Waals surface area contributed by atoms with Crippen molar-refractivity contribution in [3.63, 3.8) is 0 Å². The highest BCUT2D eigenvalue weighted by atomic mass is 16.5. The van der Waals surface area contributed by atoms with Gasteiger partial charge in [-0.25, -0.2) is 0 Å². The Kier molecular flexibility index (Phi) is 3.05. The first kappa shape index (κ1) is 12.3. The third-order valence-electron chi connectivity index (χ3n) is 3.82. The van der Waals surface area contributed by atoms with Gasteiger partial charge in [-0.1, -0.05) is 49.3 Å². The molecular weight excluding hydrogens is 236 g/mol. The lowest BCUT2D eigenvalue weighted by molar-refractivity contribution is 0.383. The van der Waals surface area contributed by atoms with E-state index >= 15 is 0 Å². The Morgan fingerprint density at radius 3 is 2.68 bits per heavy atom. The van der Waals surface area contributed by atoms with E-state index in [1.54, 1.807) is 0 Å². The molecule has 1 aromatic carbocycles. The molecule has 3 heteroatoms. The lowest BCUT2D eigenvalue weighted by atomic mass is 10.00. The van der Waals surface area contributed by atoms with Crippen LogP contribution >= 0.6 is 0 Å². The fourth-order valence-electron chi connectivity index (χ4n) is 2.79. The standard InChI is InChI=1S/C16H20N2O/c1-10(2)8-14-15(19-18-16(14)17)13-9-12(13)11-6-4-3-5-7-11/h3-7,10,12-13H,8-9H2,1-2H3,(H2,17,18). The molecule has 19 heavy (non-hydrogen) atoms. The quantitative estimate of drug-likeness (QED) is 0.906. The molecule has 1 saturated carbocycles. The van der Waals surface area contributed by atoms with Crippen LogP contribution in [0, 0.1) is 5.92 Å². The van der Waals surface area contributed by atoms with Gasteiger partial charge < -0.3 is 10.3 Å². The maximum absolute atomic E-state index is 5.93. The SMILES string of the molecule is CC(C)Cc1c(N)noc1C1CC1c1ccccc1. The number of hydrogen-bond acceptors (Lipinski definition) is 3. The second kappa shape index (κ2) is 4.72. The number of aromatic nitrogens is 1. The number of nitrogen functional groups attached to an aromatic ring is 1. The van der Waals surface area contributed by atoms with Crippen molar-refractivity contribution >= 4 is 5.82 Å². The summed E-state index contributed by atoms with van der Waals surface area (Å²) in [6.45, 7) is 4.38. The smallest absolute Gasteiger partial charge is 0.170 e. The number of rotatable bonds is 4. The summed E-state index contributed by atoms with van der Waals surface area (Å²) in [5.74, 6) is 3.18. The van der Waals surface area contributed by atoms with E-state index < -0.39 is 0 Å². The number of nitrogens with zero attached hydrogens (tertiary/aromatic N) is 1. The van der Waals surface area contributed by atoms with Crippen LogP contribution in [-0.4, -0.2) is 5.16 Å². The Morgan fingerprint density at radius 2 is 2.00 bits per heavy atom. The van der Waals surface area contributed by atoms with Gasteiger partial charge in [-0.2, -0.15) is 0 Å². The van der Waals surface area contributed by atoms with Crippen molar-refractivity contribution < 1.29 is 4.52 Å². The summed E-state index contributed by atoms with van der Waals surface area (Å²) in [7, 11) is 0. The van der Waals surface area contributed by atoms with Crippen LogP contribution in [-0.2, 0) is 6.42 Å². The van der Waals surface area contributed by atoms with Gasteiger partial charge in [-0.3, -0.25) is 0 Å². The van der Waals surface area contributed by atoms with Crippen LogP contribution in [0.4, 0.5) is 5.82 Å². The van der Waals surface area contributed by atoms with Crippen molar-refractivity contribution in [2.45, 2.75) is 38.5 Å². The minimum Gasteiger partial charge on any atom is -0.381 e. The summed E-state index contributed by atoms with van der Waals surface area (Å²) < 4.78 is 5.50. The Labute approximate surface area is 113 Å². The van der Waals surface area contributed by atoms with Crippen LogP contribution < -0.4 is 5.73 Å². The largest absolute Gasteiger partial charge is 0.381 e. The van der Waals surface area contributed by atoms with Gasteiger partial charge in [0.25, 0.3) is 0 Å². The molecule has 1 fully saturated rings. The molecule has 3 nitrogen and oxygen atoms in total. The molecule has 0 spiro atoms. The lowest BCUT2D eigenvalue weighted by Gasteiger charge is -2.05. The van der Waals surface area contributed by atoms with Gasteiger partial charge >= 0.3 is 0 Å². The molecule has 1 aliphatic rings. The molecule has 0 bridgehead atoms. The van der Waals surface area contributed by atoms with Crippen LogP contribution in [0.2, 0.25) is 0 Å². The van der Waals surface area contributed by atoms with Crippen LogP contribution in [0.5, 0.6) is 0 Å². The highest BCUT2D eigenvalue weighted by Crippen LogP contribution is 2.56. The van der Waals surface area contributed by atoms with Crippen LogP contribution in [0.25, 0.3) is 0 Å². The van der Waals surface area contributed by atoms with E-state index in [-0.39, 0.29) is 0 Å². The molecule has 2 aromatic rings. The molecule has 2 atom stereocenters. The van der Waals surface area contributed by atoms with E-state index in [1.807, 2.05) is 0 Å². The van der Waals surface area contributed by atoms with E-state index in [9.17, 15) is 0 Å². The molecule has 0 saturated heterocycles. The maximum atomic E-state index is 5.93. The Morgan fingerprint density at radius 1 is 1.26 bits per heavy atom. The molecule has 2 N–H and O–H groups in total. The number of nitrogens with two attached hydrogens (primary N) is 1. The molecule has 0 amide bonds. The van der Waals surface area contributed by atoms with Crippen LogP contribution in [0.3, 0.4) is 0 Å². The van der Waals surface area contributed by atoms with E-state index in [4.69, 9.17) is 10.3 Å². The fourth-order valence-corrected chi connectivity index (χ4v) is 2.79. The molecule has 1 heterocycles. The summed E-state index contributed by atoms with van der Waals surface area (Å²) in [5.41, 5.74) is 8.45. The van der Waals surface area contributed by atoms with Crippen LogP contribution in [0.1, 0.15) is 49.0 Å². The highest BCUT2D eigenvalue weighted by molar-refractivity contribution is 5.45. The highest BCUT2D eigenvalue weighted by Gasteiger charge is 2.44. The topological polar surface area (TPSA) is 52.0 Å². The third-order valence-corrected chi connectivity index (χ3v) is 3.82. The Balaban J connectivity index is 1.82. The summed E-state index contributed by atoms with van der Waals surface area (Å²) in [4.78, 5) is 0. The summed E-state index contributed by atoms with van der Waals surface area (Å²) in [6, 6.07) is 10.6. The number of hydrogen-bond donors (Lipinski definition) is 1. The fraction of sp³-hybridized carbons (Fsp3) is 0.438. The molecule has 3 rings (SSSR count). The van der Waals surface area contributed by atoms with Gasteiger partial charge in [0, 0.05) is 11.5 Å². The summed E-state index contributed by atoms with van der Waals surface area (Å²) >= 11 is 0. The first-order valence-corrected chi connectivity index (χ1v) is 6.95. The van der Waals surface area contributed by atoms with Gasteiger partial charge in [0.1, 0.15) is 5.76 Å². The molecule has 1 aromatic heterocycles. The maximum Gasteiger partial charge on any atom is 0.170 e. The normalized spacial score (nSPS) is 21.8. The zero-order valence-corrected chi connectivity index (χ0v) is 11.5.